The fraction of sp³-hybridized carbons (Fsp3) is 0.333. The molecule has 1 aromatic rings. The molecule has 0 atom stereocenters. The lowest BCUT2D eigenvalue weighted by Gasteiger charge is -2.17. The molecule has 10 heteroatoms. The van der Waals surface area contributed by atoms with Gasteiger partial charge in [0.05, 0.1) is 12.7 Å². The third-order valence-electron chi connectivity index (χ3n) is 1.83. The summed E-state index contributed by atoms with van der Waals surface area (Å²) < 4.78 is 81.5. The first kappa shape index (κ1) is 15.1. The SMILES string of the molecule is COc1c(C(F)(F)F)ncc(C=O)c1OC(F)(F)F. The summed E-state index contributed by atoms with van der Waals surface area (Å²) in [4.78, 5) is 13.4. The second-order valence-electron chi connectivity index (χ2n) is 3.09. The first-order chi connectivity index (χ1) is 8.60. The lowest BCUT2D eigenvalue weighted by molar-refractivity contribution is -0.275. The Morgan fingerprint density at radius 2 is 1.74 bits per heavy atom. The van der Waals surface area contributed by atoms with Crippen molar-refractivity contribution >= 4 is 6.29 Å². The van der Waals surface area contributed by atoms with Gasteiger partial charge in [0, 0.05) is 6.20 Å². The average Bonchev–Trinajstić information content (AvgIpc) is 2.25. The van der Waals surface area contributed by atoms with Gasteiger partial charge in [0.1, 0.15) is 0 Å². The fourth-order valence-electron chi connectivity index (χ4n) is 1.19. The van der Waals surface area contributed by atoms with Crippen molar-refractivity contribution < 1.29 is 40.6 Å². The summed E-state index contributed by atoms with van der Waals surface area (Å²) in [5.74, 6) is -2.69. The second-order valence-corrected chi connectivity index (χ2v) is 3.09. The number of carbonyl (C=O) groups excluding carboxylic acids is 1. The van der Waals surface area contributed by atoms with Crippen molar-refractivity contribution in [3.8, 4) is 11.5 Å². The van der Waals surface area contributed by atoms with E-state index in [9.17, 15) is 31.1 Å². The van der Waals surface area contributed by atoms with Gasteiger partial charge in [-0.2, -0.15) is 13.2 Å². The van der Waals surface area contributed by atoms with Crippen molar-refractivity contribution in [1.29, 1.82) is 0 Å². The summed E-state index contributed by atoms with van der Waals surface area (Å²) in [6.07, 6.45) is -10.2. The summed E-state index contributed by atoms with van der Waals surface area (Å²) in [5, 5.41) is 0. The Morgan fingerprint density at radius 1 is 1.16 bits per heavy atom. The highest BCUT2D eigenvalue weighted by Gasteiger charge is 2.41. The van der Waals surface area contributed by atoms with Gasteiger partial charge in [0.25, 0.3) is 0 Å². The number of methoxy groups -OCH3 is 1. The molecule has 19 heavy (non-hydrogen) atoms. The molecule has 4 nitrogen and oxygen atoms in total. The molecule has 0 aliphatic heterocycles. The lowest BCUT2D eigenvalue weighted by atomic mass is 10.2. The van der Waals surface area contributed by atoms with Crippen LogP contribution < -0.4 is 9.47 Å². The van der Waals surface area contributed by atoms with Gasteiger partial charge < -0.3 is 9.47 Å². The Morgan fingerprint density at radius 3 is 2.11 bits per heavy atom. The highest BCUT2D eigenvalue weighted by molar-refractivity contribution is 5.81. The first-order valence-electron chi connectivity index (χ1n) is 4.45. The summed E-state index contributed by atoms with van der Waals surface area (Å²) in [5.41, 5.74) is -2.54. The number of hydrogen-bond acceptors (Lipinski definition) is 4. The summed E-state index contributed by atoms with van der Waals surface area (Å²) in [6.45, 7) is 0. The monoisotopic (exact) mass is 289 g/mol. The molecule has 0 saturated heterocycles. The Kier molecular flexibility index (Phi) is 3.91. The van der Waals surface area contributed by atoms with Crippen LogP contribution in [0.2, 0.25) is 0 Å². The molecule has 1 heterocycles. The lowest BCUT2D eigenvalue weighted by Crippen LogP contribution is -2.20. The molecule has 1 rings (SSSR count). The minimum Gasteiger partial charge on any atom is -0.491 e. The molecule has 0 N–H and O–H groups in total. The molecule has 0 saturated carbocycles. The highest BCUT2D eigenvalue weighted by Crippen LogP contribution is 2.43. The molecule has 106 valence electrons. The van der Waals surface area contributed by atoms with Gasteiger partial charge in [-0.05, 0) is 0 Å². The van der Waals surface area contributed by atoms with E-state index in [0.717, 1.165) is 0 Å². The fourth-order valence-corrected chi connectivity index (χ4v) is 1.19. The average molecular weight is 289 g/mol. The Labute approximate surface area is 101 Å². The minimum absolute atomic E-state index is 0.128. The maximum atomic E-state index is 12.5. The number of aldehydes is 1. The van der Waals surface area contributed by atoms with Crippen LogP contribution in [0.3, 0.4) is 0 Å². The zero-order valence-corrected chi connectivity index (χ0v) is 9.09. The maximum absolute atomic E-state index is 12.5. The molecule has 0 aromatic carbocycles. The van der Waals surface area contributed by atoms with E-state index in [2.05, 4.69) is 14.5 Å². The van der Waals surface area contributed by atoms with E-state index in [1.165, 1.54) is 0 Å². The predicted molar refractivity (Wildman–Crippen MR) is 47.9 cm³/mol. The van der Waals surface area contributed by atoms with Gasteiger partial charge >= 0.3 is 12.5 Å². The van der Waals surface area contributed by atoms with Crippen LogP contribution in [0.4, 0.5) is 26.3 Å². The number of rotatable bonds is 3. The molecule has 0 spiro atoms. The Bertz CT molecular complexity index is 482. The number of halogens is 6. The molecule has 0 radical (unpaired) electrons. The van der Waals surface area contributed by atoms with E-state index >= 15 is 0 Å². The number of alkyl halides is 6. The number of hydrogen-bond donors (Lipinski definition) is 0. The van der Waals surface area contributed by atoms with E-state index in [1.807, 2.05) is 0 Å². The third kappa shape index (κ3) is 3.48. The minimum atomic E-state index is -5.28. The van der Waals surface area contributed by atoms with Crippen molar-refractivity contribution in [3.63, 3.8) is 0 Å². The van der Waals surface area contributed by atoms with Crippen LogP contribution in [0.15, 0.2) is 6.20 Å². The zero-order chi connectivity index (χ0) is 14.8. The molecular formula is C9H5F6NO3. The molecule has 0 fully saturated rings. The van der Waals surface area contributed by atoms with E-state index in [4.69, 9.17) is 0 Å². The summed E-state index contributed by atoms with van der Waals surface area (Å²) in [7, 11) is 0.698. The van der Waals surface area contributed by atoms with Crippen molar-refractivity contribution in [2.45, 2.75) is 12.5 Å². The smallest absolute Gasteiger partial charge is 0.491 e. The van der Waals surface area contributed by atoms with Crippen LogP contribution in [0.5, 0.6) is 11.5 Å². The maximum Gasteiger partial charge on any atom is 0.573 e. The molecule has 0 unspecified atom stereocenters. The standard InChI is InChI=1S/C9H5F6NO3/c1-18-6-5(19-9(13,14)15)4(3-17)2-16-7(6)8(10,11)12/h2-3H,1H3. The van der Waals surface area contributed by atoms with Crippen molar-refractivity contribution in [2.75, 3.05) is 7.11 Å². The predicted octanol–water partition coefficient (Wildman–Crippen LogP) is 2.82. The highest BCUT2D eigenvalue weighted by atomic mass is 19.4. The van der Waals surface area contributed by atoms with Crippen LogP contribution in [-0.2, 0) is 6.18 Å². The topological polar surface area (TPSA) is 48.4 Å². The molecular weight excluding hydrogens is 284 g/mol. The van der Waals surface area contributed by atoms with Crippen LogP contribution in [0, 0.1) is 0 Å². The largest absolute Gasteiger partial charge is 0.573 e. The van der Waals surface area contributed by atoms with Gasteiger partial charge in [-0.15, -0.1) is 13.2 Å². The van der Waals surface area contributed by atoms with Crippen LogP contribution in [-0.4, -0.2) is 24.7 Å². The molecule has 0 amide bonds. The van der Waals surface area contributed by atoms with Crippen molar-refractivity contribution in [1.82, 2.24) is 4.98 Å². The van der Waals surface area contributed by atoms with Crippen molar-refractivity contribution in [2.24, 2.45) is 0 Å². The van der Waals surface area contributed by atoms with Gasteiger partial charge in [-0.1, -0.05) is 0 Å². The van der Waals surface area contributed by atoms with E-state index < -0.39 is 35.3 Å². The number of ether oxygens (including phenoxy) is 2. The third-order valence-corrected chi connectivity index (χ3v) is 1.83. The molecule has 0 aliphatic rings. The molecule has 0 aliphatic carbocycles. The Hall–Kier alpha value is -2.00. The first-order valence-corrected chi connectivity index (χ1v) is 4.45. The summed E-state index contributed by atoms with van der Waals surface area (Å²) >= 11 is 0. The van der Waals surface area contributed by atoms with Gasteiger partial charge in [-0.25, -0.2) is 4.98 Å². The summed E-state index contributed by atoms with van der Waals surface area (Å²) in [6, 6.07) is 0. The van der Waals surface area contributed by atoms with Crippen LogP contribution in [0.25, 0.3) is 0 Å². The molecule has 1 aromatic heterocycles. The number of carbonyl (C=O) groups is 1. The normalized spacial score (nSPS) is 12.2. The van der Waals surface area contributed by atoms with E-state index in [0.29, 0.717) is 13.3 Å². The van der Waals surface area contributed by atoms with E-state index in [-0.39, 0.29) is 6.29 Å². The van der Waals surface area contributed by atoms with Gasteiger partial charge in [0.15, 0.2) is 23.5 Å². The molecule has 0 bridgehead atoms. The second kappa shape index (κ2) is 4.94. The number of pyridine rings is 1. The van der Waals surface area contributed by atoms with Crippen LogP contribution in [0.1, 0.15) is 16.1 Å². The van der Waals surface area contributed by atoms with Gasteiger partial charge in [-0.3, -0.25) is 4.79 Å². The number of nitrogens with zero attached hydrogens (tertiary/aromatic N) is 1. The van der Waals surface area contributed by atoms with Gasteiger partial charge in [0.2, 0.25) is 0 Å². The number of aromatic nitrogens is 1. The quantitative estimate of drug-likeness (QED) is 0.634. The van der Waals surface area contributed by atoms with Crippen molar-refractivity contribution in [3.05, 3.63) is 17.5 Å². The van der Waals surface area contributed by atoms with E-state index in [1.54, 1.807) is 0 Å². The van der Waals surface area contributed by atoms with Crippen LogP contribution >= 0.6 is 0 Å². The Balaban J connectivity index is 3.51. The zero-order valence-electron chi connectivity index (χ0n) is 9.09.